The van der Waals surface area contributed by atoms with E-state index in [1.807, 2.05) is 0 Å². The van der Waals surface area contributed by atoms with Gasteiger partial charge in [0, 0.05) is 36.9 Å². The fourth-order valence-electron chi connectivity index (χ4n) is 2.59. The van der Waals surface area contributed by atoms with Crippen LogP contribution in [0.2, 0.25) is 0 Å². The summed E-state index contributed by atoms with van der Waals surface area (Å²) in [5.74, 6) is -0.360. The number of nitrogens with zero attached hydrogens (tertiary/aromatic N) is 2. The van der Waals surface area contributed by atoms with Crippen molar-refractivity contribution in [3.8, 4) is 0 Å². The van der Waals surface area contributed by atoms with Gasteiger partial charge in [-0.05, 0) is 31.7 Å². The van der Waals surface area contributed by atoms with Gasteiger partial charge in [0.25, 0.3) is 0 Å². The summed E-state index contributed by atoms with van der Waals surface area (Å²) in [5.41, 5.74) is 1.28. The van der Waals surface area contributed by atoms with E-state index >= 15 is 0 Å². The van der Waals surface area contributed by atoms with Gasteiger partial charge >= 0.3 is 0 Å². The molecular formula is C14H19FN2O. The maximum absolute atomic E-state index is 13.1. The summed E-state index contributed by atoms with van der Waals surface area (Å²) in [6.07, 6.45) is 0.731. The second-order valence-corrected chi connectivity index (χ2v) is 4.74. The smallest absolute Gasteiger partial charge is 0.152 e. The van der Waals surface area contributed by atoms with E-state index in [2.05, 4.69) is 23.6 Å². The Morgan fingerprint density at radius 1 is 1.44 bits per heavy atom. The first-order chi connectivity index (χ1) is 8.65. The zero-order valence-corrected chi connectivity index (χ0v) is 10.9. The van der Waals surface area contributed by atoms with Crippen molar-refractivity contribution in [2.45, 2.75) is 19.9 Å². The molecule has 1 aromatic rings. The van der Waals surface area contributed by atoms with Gasteiger partial charge in [-0.1, -0.05) is 6.92 Å². The third kappa shape index (κ3) is 2.53. The molecule has 1 aliphatic rings. The lowest BCUT2D eigenvalue weighted by molar-refractivity contribution is 0.112. The number of carbonyl (C=O) groups is 1. The second kappa shape index (κ2) is 5.48. The number of hydrogen-bond acceptors (Lipinski definition) is 3. The summed E-state index contributed by atoms with van der Waals surface area (Å²) in [5, 5.41) is 0. The molecule has 4 heteroatoms. The van der Waals surface area contributed by atoms with Crippen LogP contribution in [0.3, 0.4) is 0 Å². The molecule has 0 bridgehead atoms. The number of rotatable bonds is 3. The fraction of sp³-hybridized carbons (Fsp3) is 0.500. The van der Waals surface area contributed by atoms with Crippen LogP contribution in [0.5, 0.6) is 0 Å². The van der Waals surface area contributed by atoms with Gasteiger partial charge in [-0.3, -0.25) is 9.69 Å². The van der Waals surface area contributed by atoms with Gasteiger partial charge in [0.15, 0.2) is 6.29 Å². The van der Waals surface area contributed by atoms with Crippen molar-refractivity contribution in [2.24, 2.45) is 0 Å². The average molecular weight is 250 g/mol. The topological polar surface area (TPSA) is 23.6 Å². The molecule has 1 fully saturated rings. The number of piperazine rings is 1. The molecule has 0 spiro atoms. The first-order valence-corrected chi connectivity index (χ1v) is 6.39. The minimum absolute atomic E-state index is 0.360. The Labute approximate surface area is 107 Å². The number of aldehydes is 1. The first kappa shape index (κ1) is 13.0. The van der Waals surface area contributed by atoms with Gasteiger partial charge in [0.05, 0.1) is 0 Å². The van der Waals surface area contributed by atoms with Gasteiger partial charge < -0.3 is 4.90 Å². The van der Waals surface area contributed by atoms with Crippen LogP contribution < -0.4 is 4.90 Å². The zero-order chi connectivity index (χ0) is 13.1. The van der Waals surface area contributed by atoms with E-state index in [1.54, 1.807) is 6.07 Å². The lowest BCUT2D eigenvalue weighted by atomic mass is 10.1. The van der Waals surface area contributed by atoms with Crippen molar-refractivity contribution in [3.63, 3.8) is 0 Å². The molecule has 0 aromatic heterocycles. The Kier molecular flexibility index (Phi) is 3.97. The number of anilines is 1. The largest absolute Gasteiger partial charge is 0.368 e. The van der Waals surface area contributed by atoms with Crippen LogP contribution in [0, 0.1) is 5.82 Å². The lowest BCUT2D eigenvalue weighted by Crippen LogP contribution is -2.52. The Hall–Kier alpha value is -1.42. The summed E-state index contributed by atoms with van der Waals surface area (Å²) in [6.45, 7) is 8.11. The van der Waals surface area contributed by atoms with Crippen molar-refractivity contribution in [3.05, 3.63) is 29.6 Å². The predicted molar refractivity (Wildman–Crippen MR) is 70.7 cm³/mol. The van der Waals surface area contributed by atoms with Crippen molar-refractivity contribution in [2.75, 3.05) is 31.1 Å². The van der Waals surface area contributed by atoms with E-state index in [0.29, 0.717) is 11.6 Å². The molecule has 0 amide bonds. The highest BCUT2D eigenvalue weighted by Gasteiger charge is 2.23. The molecule has 18 heavy (non-hydrogen) atoms. The van der Waals surface area contributed by atoms with Gasteiger partial charge in [0.1, 0.15) is 5.82 Å². The van der Waals surface area contributed by atoms with E-state index in [9.17, 15) is 9.18 Å². The third-order valence-corrected chi connectivity index (χ3v) is 3.63. The van der Waals surface area contributed by atoms with Crippen molar-refractivity contribution >= 4 is 12.0 Å². The Bertz CT molecular complexity index is 436. The second-order valence-electron chi connectivity index (χ2n) is 4.74. The monoisotopic (exact) mass is 250 g/mol. The molecule has 1 heterocycles. The highest BCUT2D eigenvalue weighted by molar-refractivity contribution is 5.84. The molecule has 3 nitrogen and oxygen atoms in total. The molecule has 0 saturated carbocycles. The van der Waals surface area contributed by atoms with E-state index < -0.39 is 0 Å². The first-order valence-electron chi connectivity index (χ1n) is 6.39. The number of carbonyl (C=O) groups excluding carboxylic acids is 1. The fourth-order valence-corrected chi connectivity index (χ4v) is 2.59. The summed E-state index contributed by atoms with van der Waals surface area (Å²) >= 11 is 0. The summed E-state index contributed by atoms with van der Waals surface area (Å²) in [4.78, 5) is 15.6. The highest BCUT2D eigenvalue weighted by Crippen LogP contribution is 2.23. The average Bonchev–Trinajstić information content (AvgIpc) is 2.38. The van der Waals surface area contributed by atoms with Gasteiger partial charge in [-0.25, -0.2) is 4.39 Å². The van der Waals surface area contributed by atoms with E-state index in [4.69, 9.17) is 0 Å². The summed E-state index contributed by atoms with van der Waals surface area (Å²) in [6, 6.07) is 4.87. The Morgan fingerprint density at radius 3 is 2.83 bits per heavy atom. The molecule has 1 atom stereocenters. The van der Waals surface area contributed by atoms with Crippen LogP contribution >= 0.6 is 0 Å². The maximum atomic E-state index is 13.1. The van der Waals surface area contributed by atoms with Crippen LogP contribution in [0.4, 0.5) is 10.1 Å². The number of hydrogen-bond donors (Lipinski definition) is 0. The van der Waals surface area contributed by atoms with E-state index in [-0.39, 0.29) is 5.82 Å². The normalized spacial score (nSPS) is 21.1. The number of benzene rings is 1. The third-order valence-electron chi connectivity index (χ3n) is 3.63. The number of halogens is 1. The molecule has 98 valence electrons. The lowest BCUT2D eigenvalue weighted by Gasteiger charge is -2.40. The summed E-state index contributed by atoms with van der Waals surface area (Å²) in [7, 11) is 0. The minimum Gasteiger partial charge on any atom is -0.368 e. The van der Waals surface area contributed by atoms with Crippen LogP contribution in [0.15, 0.2) is 18.2 Å². The molecule has 1 saturated heterocycles. The molecule has 0 aliphatic carbocycles. The van der Waals surface area contributed by atoms with Gasteiger partial charge in [0.2, 0.25) is 0 Å². The molecule has 1 aliphatic heterocycles. The van der Waals surface area contributed by atoms with Crippen molar-refractivity contribution in [1.29, 1.82) is 0 Å². The maximum Gasteiger partial charge on any atom is 0.152 e. The van der Waals surface area contributed by atoms with Gasteiger partial charge in [-0.15, -0.1) is 0 Å². The molecule has 0 N–H and O–H groups in total. The molecule has 1 aromatic carbocycles. The molecular weight excluding hydrogens is 231 g/mol. The van der Waals surface area contributed by atoms with E-state index in [1.165, 1.54) is 12.1 Å². The van der Waals surface area contributed by atoms with Crippen LogP contribution in [-0.4, -0.2) is 43.4 Å². The quantitative estimate of drug-likeness (QED) is 0.768. The predicted octanol–water partition coefficient (Wildman–Crippen LogP) is 2.17. The molecule has 0 radical (unpaired) electrons. The zero-order valence-electron chi connectivity index (χ0n) is 10.9. The SMILES string of the molecule is CCN1CCN(c2ccc(F)cc2C=O)CC1C. The standard InChI is InChI=1S/C14H19FN2O/c1-3-16-6-7-17(9-11(16)2)14-5-4-13(15)8-12(14)10-18/h4-5,8,10-11H,3,6-7,9H2,1-2H3. The van der Waals surface area contributed by atoms with Crippen molar-refractivity contribution in [1.82, 2.24) is 4.90 Å². The molecule has 2 rings (SSSR count). The van der Waals surface area contributed by atoms with Crippen LogP contribution in [0.1, 0.15) is 24.2 Å². The molecule has 1 unspecified atom stereocenters. The highest BCUT2D eigenvalue weighted by atomic mass is 19.1. The van der Waals surface area contributed by atoms with Crippen molar-refractivity contribution < 1.29 is 9.18 Å². The minimum atomic E-state index is -0.360. The summed E-state index contributed by atoms with van der Waals surface area (Å²) < 4.78 is 13.1. The Morgan fingerprint density at radius 2 is 2.22 bits per heavy atom. The van der Waals surface area contributed by atoms with Crippen LogP contribution in [0.25, 0.3) is 0 Å². The number of likely N-dealkylation sites (N-methyl/N-ethyl adjacent to an activating group) is 1. The van der Waals surface area contributed by atoms with E-state index in [0.717, 1.165) is 38.2 Å². The van der Waals surface area contributed by atoms with Gasteiger partial charge in [-0.2, -0.15) is 0 Å². The Balaban J connectivity index is 2.20. The van der Waals surface area contributed by atoms with Crippen LogP contribution in [-0.2, 0) is 0 Å².